The van der Waals surface area contributed by atoms with Crippen LogP contribution < -0.4 is 14.8 Å². The maximum Gasteiger partial charge on any atom is 0.330 e. The molecule has 2 aliphatic heterocycles. The zero-order chi connectivity index (χ0) is 20.2. The van der Waals surface area contributed by atoms with Crippen LogP contribution >= 0.6 is 0 Å². The average Bonchev–Trinajstić information content (AvgIpc) is 3.41. The maximum absolute atomic E-state index is 12.6. The van der Waals surface area contributed by atoms with Gasteiger partial charge < -0.3 is 24.6 Å². The zero-order valence-electron chi connectivity index (χ0n) is 15.9. The highest BCUT2D eigenvalue weighted by atomic mass is 16.5. The van der Waals surface area contributed by atoms with Crippen LogP contribution in [0.5, 0.6) is 11.5 Å². The van der Waals surface area contributed by atoms with Crippen molar-refractivity contribution in [2.24, 2.45) is 0 Å². The first-order valence-corrected chi connectivity index (χ1v) is 9.74. The van der Waals surface area contributed by atoms with E-state index in [1.165, 1.54) is 0 Å². The Hall–Kier alpha value is -3.06. The summed E-state index contributed by atoms with van der Waals surface area (Å²) in [5, 5.41) is 12.2. The molecule has 1 amide bonds. The normalized spacial score (nSPS) is 18.6. The second-order valence-corrected chi connectivity index (χ2v) is 7.18. The number of hydrogen-bond donors (Lipinski definition) is 2. The largest absolute Gasteiger partial charge is 0.493 e. The van der Waals surface area contributed by atoms with Gasteiger partial charge in [0.25, 0.3) is 5.91 Å². The third-order valence-electron chi connectivity index (χ3n) is 5.15. The number of carboxylic acids is 1. The molecule has 152 valence electrons. The minimum atomic E-state index is -1.14. The summed E-state index contributed by atoms with van der Waals surface area (Å²) in [5.74, 6) is -0.165. The van der Waals surface area contributed by atoms with Crippen LogP contribution in [0.4, 0.5) is 0 Å². The van der Waals surface area contributed by atoms with Crippen molar-refractivity contribution in [3.8, 4) is 11.5 Å². The number of carboxylic acid groups (broad SMARTS) is 1. The zero-order valence-corrected chi connectivity index (χ0v) is 15.9. The lowest BCUT2D eigenvalue weighted by molar-refractivity contribution is -0.139. The van der Waals surface area contributed by atoms with E-state index in [2.05, 4.69) is 5.32 Å². The number of ether oxygens (including phenoxy) is 3. The summed E-state index contributed by atoms with van der Waals surface area (Å²) in [6.07, 6.45) is 2.89. The number of benzene rings is 2. The molecule has 29 heavy (non-hydrogen) atoms. The Kier molecular flexibility index (Phi) is 5.67. The molecule has 2 aromatic rings. The number of aliphatic carboxylic acids is 1. The molecule has 2 aliphatic rings. The molecule has 4 rings (SSSR count). The molecule has 0 radical (unpaired) electrons. The SMILES string of the molecule is O=C(NC(C(=O)O)c1ccc2c(c1)CCO2)c1ccc(OCC2CCCO2)cc1. The minimum Gasteiger partial charge on any atom is -0.493 e. The Morgan fingerprint density at radius 1 is 1.17 bits per heavy atom. The number of fused-ring (bicyclic) bond motifs is 1. The van der Waals surface area contributed by atoms with Crippen LogP contribution in [-0.2, 0) is 16.0 Å². The number of carbonyl (C=O) groups excluding carboxylic acids is 1. The second-order valence-electron chi connectivity index (χ2n) is 7.18. The van der Waals surface area contributed by atoms with Crippen LogP contribution in [0.25, 0.3) is 0 Å². The van der Waals surface area contributed by atoms with Crippen LogP contribution in [-0.4, -0.2) is 42.9 Å². The van der Waals surface area contributed by atoms with Gasteiger partial charge in [0, 0.05) is 18.6 Å². The summed E-state index contributed by atoms with van der Waals surface area (Å²) < 4.78 is 16.7. The summed E-state index contributed by atoms with van der Waals surface area (Å²) >= 11 is 0. The van der Waals surface area contributed by atoms with Gasteiger partial charge in [-0.05, 0) is 60.4 Å². The molecule has 2 unspecified atom stereocenters. The smallest absolute Gasteiger partial charge is 0.330 e. The summed E-state index contributed by atoms with van der Waals surface area (Å²) in [7, 11) is 0. The van der Waals surface area contributed by atoms with Gasteiger partial charge in [-0.2, -0.15) is 0 Å². The van der Waals surface area contributed by atoms with Crippen LogP contribution in [0.15, 0.2) is 42.5 Å². The Labute approximate surface area is 168 Å². The van der Waals surface area contributed by atoms with Crippen LogP contribution in [0.2, 0.25) is 0 Å². The molecule has 1 saturated heterocycles. The third-order valence-corrected chi connectivity index (χ3v) is 5.15. The maximum atomic E-state index is 12.6. The Morgan fingerprint density at radius 3 is 2.72 bits per heavy atom. The van der Waals surface area contributed by atoms with Crippen molar-refractivity contribution in [3.63, 3.8) is 0 Å². The first kappa shape index (κ1) is 19.3. The first-order chi connectivity index (χ1) is 14.1. The molecular formula is C22H23NO6. The van der Waals surface area contributed by atoms with Crippen LogP contribution in [0, 0.1) is 0 Å². The highest BCUT2D eigenvalue weighted by Crippen LogP contribution is 2.28. The van der Waals surface area contributed by atoms with Crippen molar-refractivity contribution in [1.82, 2.24) is 5.32 Å². The molecular weight excluding hydrogens is 374 g/mol. The fraction of sp³-hybridized carbons (Fsp3) is 0.364. The second kappa shape index (κ2) is 8.53. The van der Waals surface area contributed by atoms with Gasteiger partial charge in [0.15, 0.2) is 6.04 Å². The van der Waals surface area contributed by atoms with Gasteiger partial charge in [-0.3, -0.25) is 4.79 Å². The summed E-state index contributed by atoms with van der Waals surface area (Å²) in [6.45, 7) is 1.84. The van der Waals surface area contributed by atoms with E-state index in [1.54, 1.807) is 42.5 Å². The third kappa shape index (κ3) is 4.51. The van der Waals surface area contributed by atoms with Crippen molar-refractivity contribution in [1.29, 1.82) is 0 Å². The highest BCUT2D eigenvalue weighted by molar-refractivity contribution is 5.97. The molecule has 0 spiro atoms. The van der Waals surface area contributed by atoms with E-state index in [0.29, 0.717) is 30.1 Å². The number of carbonyl (C=O) groups is 2. The summed E-state index contributed by atoms with van der Waals surface area (Å²) in [4.78, 5) is 24.3. The molecule has 2 aromatic carbocycles. The van der Waals surface area contributed by atoms with E-state index >= 15 is 0 Å². The lowest BCUT2D eigenvalue weighted by atomic mass is 10.0. The lowest BCUT2D eigenvalue weighted by Crippen LogP contribution is -2.33. The highest BCUT2D eigenvalue weighted by Gasteiger charge is 2.25. The van der Waals surface area contributed by atoms with Crippen LogP contribution in [0.1, 0.15) is 40.4 Å². The van der Waals surface area contributed by atoms with Crippen molar-refractivity contribution >= 4 is 11.9 Å². The number of nitrogens with one attached hydrogen (secondary N) is 1. The predicted octanol–water partition coefficient (Wildman–Crippen LogP) is 2.74. The van der Waals surface area contributed by atoms with Crippen molar-refractivity contribution in [3.05, 3.63) is 59.2 Å². The Morgan fingerprint density at radius 2 is 2.00 bits per heavy atom. The molecule has 1 fully saturated rings. The Bertz CT molecular complexity index is 889. The Balaban J connectivity index is 1.40. The molecule has 0 saturated carbocycles. The molecule has 0 aromatic heterocycles. The van der Waals surface area contributed by atoms with Crippen molar-refractivity contribution in [2.45, 2.75) is 31.4 Å². The van der Waals surface area contributed by atoms with Crippen LogP contribution in [0.3, 0.4) is 0 Å². The first-order valence-electron chi connectivity index (χ1n) is 9.74. The lowest BCUT2D eigenvalue weighted by Gasteiger charge is -2.16. The number of hydrogen-bond acceptors (Lipinski definition) is 5. The summed E-state index contributed by atoms with van der Waals surface area (Å²) in [5.41, 5.74) is 1.84. The monoisotopic (exact) mass is 397 g/mol. The standard InChI is InChI=1S/C22H23NO6/c24-21(14-3-6-17(7-4-14)29-13-18-2-1-10-27-18)23-20(22(25)26)16-5-8-19-15(12-16)9-11-28-19/h3-8,12,18,20H,1-2,9-11,13H2,(H,23,24)(H,25,26). The van der Waals surface area contributed by atoms with E-state index in [-0.39, 0.29) is 6.10 Å². The quantitative estimate of drug-likeness (QED) is 0.746. The molecule has 7 heteroatoms. The van der Waals surface area contributed by atoms with Gasteiger partial charge in [0.2, 0.25) is 0 Å². The van der Waals surface area contributed by atoms with E-state index < -0.39 is 17.9 Å². The van der Waals surface area contributed by atoms with E-state index in [4.69, 9.17) is 14.2 Å². The van der Waals surface area contributed by atoms with Crippen molar-refractivity contribution in [2.75, 3.05) is 19.8 Å². The molecule has 0 bridgehead atoms. The fourth-order valence-electron chi connectivity index (χ4n) is 3.56. The van der Waals surface area contributed by atoms with Crippen molar-refractivity contribution < 1.29 is 28.9 Å². The fourth-order valence-corrected chi connectivity index (χ4v) is 3.56. The van der Waals surface area contributed by atoms with E-state index in [1.807, 2.05) is 0 Å². The van der Waals surface area contributed by atoms with Gasteiger partial charge in [0.05, 0.1) is 12.7 Å². The van der Waals surface area contributed by atoms with Gasteiger partial charge in [-0.25, -0.2) is 4.79 Å². The van der Waals surface area contributed by atoms with Gasteiger partial charge >= 0.3 is 5.97 Å². The predicted molar refractivity (Wildman–Crippen MR) is 104 cm³/mol. The molecule has 2 N–H and O–H groups in total. The van der Waals surface area contributed by atoms with Gasteiger partial charge in [-0.15, -0.1) is 0 Å². The molecule has 2 heterocycles. The average molecular weight is 397 g/mol. The van der Waals surface area contributed by atoms with Gasteiger partial charge in [0.1, 0.15) is 18.1 Å². The van der Waals surface area contributed by atoms with Gasteiger partial charge in [-0.1, -0.05) is 6.07 Å². The topological polar surface area (TPSA) is 94.1 Å². The molecule has 0 aliphatic carbocycles. The summed E-state index contributed by atoms with van der Waals surface area (Å²) in [6, 6.07) is 10.7. The number of rotatable bonds is 7. The minimum absolute atomic E-state index is 0.118. The molecule has 7 nitrogen and oxygen atoms in total. The number of amides is 1. The molecule has 2 atom stereocenters. The van der Waals surface area contributed by atoms with E-state index in [0.717, 1.165) is 37.2 Å². The van der Waals surface area contributed by atoms with E-state index in [9.17, 15) is 14.7 Å².